The fourth-order valence-electron chi connectivity index (χ4n) is 2.52. The van der Waals surface area contributed by atoms with Gasteiger partial charge in [-0.3, -0.25) is 0 Å². The minimum atomic E-state index is 0.215. The molecule has 1 aliphatic heterocycles. The van der Waals surface area contributed by atoms with Crippen LogP contribution in [-0.2, 0) is 4.79 Å². The van der Waals surface area contributed by atoms with E-state index >= 15 is 0 Å². The molecular weight excluding hydrogens is 228 g/mol. The fraction of sp³-hybridized carbons (Fsp3) is 0.462. The Kier molecular flexibility index (Phi) is 2.74. The van der Waals surface area contributed by atoms with Gasteiger partial charge in [0.05, 0.1) is 5.69 Å². The summed E-state index contributed by atoms with van der Waals surface area (Å²) < 4.78 is 1.86. The second-order valence-corrected chi connectivity index (χ2v) is 4.83. The summed E-state index contributed by atoms with van der Waals surface area (Å²) in [7, 11) is 0. The lowest BCUT2D eigenvalue weighted by Crippen LogP contribution is -2.34. The summed E-state index contributed by atoms with van der Waals surface area (Å²) in [5.41, 5.74) is 2.03. The van der Waals surface area contributed by atoms with E-state index in [0.29, 0.717) is 0 Å². The Morgan fingerprint density at radius 1 is 1.39 bits per heavy atom. The molecule has 0 aliphatic carbocycles. The number of piperidine rings is 1. The van der Waals surface area contributed by atoms with Gasteiger partial charge in [-0.05, 0) is 25.8 Å². The smallest absolute Gasteiger partial charge is 0.154 e. The van der Waals surface area contributed by atoms with E-state index < -0.39 is 0 Å². The van der Waals surface area contributed by atoms with Crippen LogP contribution in [0.1, 0.15) is 18.5 Å². The van der Waals surface area contributed by atoms with Crippen molar-refractivity contribution in [2.24, 2.45) is 5.92 Å². The number of carbonyl (C=O) groups is 1. The molecule has 0 radical (unpaired) electrons. The molecule has 1 fully saturated rings. The SMILES string of the molecule is Cc1cc2c(N3CCC(C=O)CC3)nccn2n1. The second kappa shape index (κ2) is 4.40. The Hall–Kier alpha value is -1.91. The van der Waals surface area contributed by atoms with Gasteiger partial charge in [-0.25, -0.2) is 9.50 Å². The van der Waals surface area contributed by atoms with Crippen LogP contribution < -0.4 is 4.90 Å². The fourth-order valence-corrected chi connectivity index (χ4v) is 2.52. The maximum Gasteiger partial charge on any atom is 0.154 e. The molecule has 3 heterocycles. The molecule has 0 atom stereocenters. The Balaban J connectivity index is 1.92. The molecule has 3 rings (SSSR count). The van der Waals surface area contributed by atoms with Gasteiger partial charge in [0.15, 0.2) is 5.82 Å². The predicted octanol–water partition coefficient (Wildman–Crippen LogP) is 1.45. The van der Waals surface area contributed by atoms with Gasteiger partial charge in [0, 0.05) is 31.4 Å². The zero-order valence-electron chi connectivity index (χ0n) is 10.4. The Morgan fingerprint density at radius 3 is 2.89 bits per heavy atom. The van der Waals surface area contributed by atoms with E-state index in [4.69, 9.17) is 0 Å². The normalized spacial score (nSPS) is 17.3. The average Bonchev–Trinajstić information content (AvgIpc) is 2.79. The van der Waals surface area contributed by atoms with Crippen molar-refractivity contribution in [3.8, 4) is 0 Å². The minimum absolute atomic E-state index is 0.215. The van der Waals surface area contributed by atoms with Crippen molar-refractivity contribution in [2.45, 2.75) is 19.8 Å². The maximum absolute atomic E-state index is 10.8. The van der Waals surface area contributed by atoms with Crippen LogP contribution in [0.5, 0.6) is 0 Å². The van der Waals surface area contributed by atoms with Crippen molar-refractivity contribution in [1.82, 2.24) is 14.6 Å². The Bertz CT molecular complexity index is 569. The molecule has 5 heteroatoms. The quantitative estimate of drug-likeness (QED) is 0.750. The van der Waals surface area contributed by atoms with Gasteiger partial charge >= 0.3 is 0 Å². The molecular formula is C13H16N4O. The van der Waals surface area contributed by atoms with Crippen molar-refractivity contribution >= 4 is 17.6 Å². The highest BCUT2D eigenvalue weighted by atomic mass is 16.1. The van der Waals surface area contributed by atoms with Crippen LogP contribution in [0.4, 0.5) is 5.82 Å². The molecule has 1 aliphatic rings. The number of rotatable bonds is 2. The first-order chi connectivity index (χ1) is 8.78. The summed E-state index contributed by atoms with van der Waals surface area (Å²) in [6, 6.07) is 2.05. The van der Waals surface area contributed by atoms with E-state index in [2.05, 4.69) is 15.0 Å². The van der Waals surface area contributed by atoms with E-state index in [1.807, 2.05) is 23.7 Å². The number of aryl methyl sites for hydroxylation is 1. The number of aldehydes is 1. The first-order valence-electron chi connectivity index (χ1n) is 6.29. The van der Waals surface area contributed by atoms with Gasteiger partial charge in [0.2, 0.25) is 0 Å². The zero-order valence-corrected chi connectivity index (χ0v) is 10.4. The lowest BCUT2D eigenvalue weighted by Gasteiger charge is -2.30. The largest absolute Gasteiger partial charge is 0.355 e. The summed E-state index contributed by atoms with van der Waals surface area (Å²) in [5.74, 6) is 1.19. The number of aromatic nitrogens is 3. The third-order valence-corrected chi connectivity index (χ3v) is 3.52. The molecule has 0 amide bonds. The standard InChI is InChI=1S/C13H16N4O/c1-10-8-12-13(14-4-7-17(12)15-10)16-5-2-11(9-18)3-6-16/h4,7-9,11H,2-3,5-6H2,1H3. The lowest BCUT2D eigenvalue weighted by atomic mass is 9.99. The molecule has 0 aromatic carbocycles. The van der Waals surface area contributed by atoms with Crippen LogP contribution in [0.25, 0.3) is 5.52 Å². The molecule has 0 bridgehead atoms. The number of hydrogen-bond acceptors (Lipinski definition) is 4. The number of anilines is 1. The number of hydrogen-bond donors (Lipinski definition) is 0. The van der Waals surface area contributed by atoms with Crippen molar-refractivity contribution in [3.63, 3.8) is 0 Å². The van der Waals surface area contributed by atoms with Crippen LogP contribution in [0.15, 0.2) is 18.5 Å². The monoisotopic (exact) mass is 244 g/mol. The van der Waals surface area contributed by atoms with Gasteiger partial charge in [-0.15, -0.1) is 0 Å². The van der Waals surface area contributed by atoms with Crippen LogP contribution in [-0.4, -0.2) is 34.0 Å². The van der Waals surface area contributed by atoms with Gasteiger partial charge < -0.3 is 9.69 Å². The molecule has 0 spiro atoms. The zero-order chi connectivity index (χ0) is 12.5. The maximum atomic E-state index is 10.8. The second-order valence-electron chi connectivity index (χ2n) is 4.83. The first kappa shape index (κ1) is 11.2. The molecule has 5 nitrogen and oxygen atoms in total. The summed E-state index contributed by atoms with van der Waals surface area (Å²) in [6.45, 7) is 3.76. The summed E-state index contributed by atoms with van der Waals surface area (Å²) >= 11 is 0. The van der Waals surface area contributed by atoms with E-state index in [1.54, 1.807) is 6.20 Å². The van der Waals surface area contributed by atoms with Crippen LogP contribution in [0, 0.1) is 12.8 Å². The van der Waals surface area contributed by atoms with Crippen LogP contribution in [0.2, 0.25) is 0 Å². The Morgan fingerprint density at radius 2 is 2.17 bits per heavy atom. The van der Waals surface area contributed by atoms with Crippen molar-refractivity contribution in [2.75, 3.05) is 18.0 Å². The molecule has 2 aromatic rings. The number of carbonyl (C=O) groups excluding carboxylic acids is 1. The molecule has 1 saturated heterocycles. The van der Waals surface area contributed by atoms with Gasteiger partial charge in [0.25, 0.3) is 0 Å². The average molecular weight is 244 g/mol. The summed E-state index contributed by atoms with van der Waals surface area (Å²) in [6.07, 6.45) is 6.55. The molecule has 18 heavy (non-hydrogen) atoms. The molecule has 2 aromatic heterocycles. The van der Waals surface area contributed by atoms with Crippen molar-refractivity contribution in [1.29, 1.82) is 0 Å². The highest BCUT2D eigenvalue weighted by molar-refractivity contribution is 5.69. The minimum Gasteiger partial charge on any atom is -0.355 e. The van der Waals surface area contributed by atoms with Gasteiger partial charge in [-0.1, -0.05) is 0 Å². The van der Waals surface area contributed by atoms with Crippen LogP contribution >= 0.6 is 0 Å². The molecule has 0 unspecified atom stereocenters. The third kappa shape index (κ3) is 1.85. The van der Waals surface area contributed by atoms with E-state index in [-0.39, 0.29) is 5.92 Å². The molecule has 94 valence electrons. The Labute approximate surface area is 105 Å². The summed E-state index contributed by atoms with van der Waals surface area (Å²) in [4.78, 5) is 17.5. The predicted molar refractivity (Wildman–Crippen MR) is 68.7 cm³/mol. The van der Waals surface area contributed by atoms with Gasteiger partial charge in [-0.2, -0.15) is 5.10 Å². The number of nitrogens with zero attached hydrogens (tertiary/aromatic N) is 4. The highest BCUT2D eigenvalue weighted by Gasteiger charge is 2.21. The molecule has 0 N–H and O–H groups in total. The highest BCUT2D eigenvalue weighted by Crippen LogP contribution is 2.24. The lowest BCUT2D eigenvalue weighted by molar-refractivity contribution is -0.111. The van der Waals surface area contributed by atoms with E-state index in [0.717, 1.165) is 49.2 Å². The third-order valence-electron chi connectivity index (χ3n) is 3.52. The number of fused-ring (bicyclic) bond motifs is 1. The summed E-state index contributed by atoms with van der Waals surface area (Å²) in [5, 5.41) is 4.39. The van der Waals surface area contributed by atoms with Crippen molar-refractivity contribution < 1.29 is 4.79 Å². The topological polar surface area (TPSA) is 50.5 Å². The first-order valence-corrected chi connectivity index (χ1v) is 6.29. The van der Waals surface area contributed by atoms with Crippen molar-refractivity contribution in [3.05, 3.63) is 24.2 Å². The molecule has 0 saturated carbocycles. The van der Waals surface area contributed by atoms with E-state index in [1.165, 1.54) is 0 Å². The van der Waals surface area contributed by atoms with Gasteiger partial charge in [0.1, 0.15) is 11.8 Å². The van der Waals surface area contributed by atoms with E-state index in [9.17, 15) is 4.79 Å². The van der Waals surface area contributed by atoms with Crippen LogP contribution in [0.3, 0.4) is 0 Å².